The van der Waals surface area contributed by atoms with Crippen LogP contribution < -0.4 is 4.90 Å². The molecule has 1 atom stereocenters. The first-order valence-electron chi connectivity index (χ1n) is 7.03. The number of anilines is 1. The number of ketones is 1. The largest absolute Gasteiger partial charge is 0.366 e. The summed E-state index contributed by atoms with van der Waals surface area (Å²) in [7, 11) is 0. The fourth-order valence-electron chi connectivity index (χ4n) is 2.66. The normalized spacial score (nSPS) is 19.5. The van der Waals surface area contributed by atoms with Crippen LogP contribution in [0.1, 0.15) is 43.5 Å². The molecule has 1 aromatic carbocycles. The zero-order chi connectivity index (χ0) is 14.7. The highest BCUT2D eigenvalue weighted by atomic mass is 16.6. The van der Waals surface area contributed by atoms with Gasteiger partial charge in [0.2, 0.25) is 0 Å². The molecule has 1 unspecified atom stereocenters. The number of carbonyl (C=O) groups excluding carboxylic acids is 1. The van der Waals surface area contributed by atoms with Gasteiger partial charge in [-0.15, -0.1) is 0 Å². The van der Waals surface area contributed by atoms with Crippen LogP contribution in [0, 0.1) is 16.0 Å². The minimum atomic E-state index is -0.393. The molecule has 0 bridgehead atoms. The molecule has 0 aliphatic carbocycles. The Bertz CT molecular complexity index is 528. The minimum absolute atomic E-state index is 0.0345. The van der Waals surface area contributed by atoms with Gasteiger partial charge in [-0.25, -0.2) is 0 Å². The molecule has 1 fully saturated rings. The van der Waals surface area contributed by atoms with Crippen LogP contribution in [0.25, 0.3) is 0 Å². The highest BCUT2D eigenvalue weighted by Gasteiger charge is 2.23. The predicted molar refractivity (Wildman–Crippen MR) is 78.3 cm³/mol. The summed E-state index contributed by atoms with van der Waals surface area (Å²) in [5.74, 6) is 0.514. The van der Waals surface area contributed by atoms with Gasteiger partial charge in [0.15, 0.2) is 5.78 Å². The standard InChI is InChI=1S/C15H20N2O3/c1-11-4-3-8-16(9-7-11)14-6-5-13(12(2)18)10-15(14)17(19)20/h5-6,10-11H,3-4,7-9H2,1-2H3. The third-order valence-corrected chi connectivity index (χ3v) is 3.94. The Morgan fingerprint density at radius 1 is 1.35 bits per heavy atom. The van der Waals surface area contributed by atoms with E-state index in [4.69, 9.17) is 0 Å². The molecule has 0 N–H and O–H groups in total. The maximum atomic E-state index is 11.4. The van der Waals surface area contributed by atoms with E-state index in [0.717, 1.165) is 32.4 Å². The number of nitro benzene ring substituents is 1. The molecule has 108 valence electrons. The van der Waals surface area contributed by atoms with Crippen molar-refractivity contribution >= 4 is 17.2 Å². The maximum absolute atomic E-state index is 11.4. The molecule has 20 heavy (non-hydrogen) atoms. The van der Waals surface area contributed by atoms with Gasteiger partial charge < -0.3 is 4.90 Å². The van der Waals surface area contributed by atoms with Gasteiger partial charge in [0.25, 0.3) is 5.69 Å². The van der Waals surface area contributed by atoms with E-state index in [0.29, 0.717) is 17.2 Å². The van der Waals surface area contributed by atoms with Crippen LogP contribution in [0.15, 0.2) is 18.2 Å². The molecule has 0 spiro atoms. The zero-order valence-electron chi connectivity index (χ0n) is 12.0. The van der Waals surface area contributed by atoms with Gasteiger partial charge in [0.1, 0.15) is 5.69 Å². The van der Waals surface area contributed by atoms with Gasteiger partial charge >= 0.3 is 0 Å². The number of benzene rings is 1. The second-order valence-electron chi connectivity index (χ2n) is 5.54. The summed E-state index contributed by atoms with van der Waals surface area (Å²) in [5.41, 5.74) is 1.06. The molecule has 1 aliphatic heterocycles. The van der Waals surface area contributed by atoms with E-state index in [1.807, 2.05) is 0 Å². The van der Waals surface area contributed by atoms with Crippen molar-refractivity contribution in [3.05, 3.63) is 33.9 Å². The Kier molecular flexibility index (Phi) is 4.37. The van der Waals surface area contributed by atoms with Gasteiger partial charge in [0, 0.05) is 24.7 Å². The Labute approximate surface area is 118 Å². The number of hydrogen-bond acceptors (Lipinski definition) is 4. The van der Waals surface area contributed by atoms with Crippen molar-refractivity contribution in [3.63, 3.8) is 0 Å². The lowest BCUT2D eigenvalue weighted by Gasteiger charge is -2.22. The summed E-state index contributed by atoms with van der Waals surface area (Å²) in [6.07, 6.45) is 3.26. The molecule has 1 aliphatic rings. The Balaban J connectivity index is 2.35. The first-order chi connectivity index (χ1) is 9.49. The molecule has 5 heteroatoms. The van der Waals surface area contributed by atoms with Crippen molar-refractivity contribution in [2.75, 3.05) is 18.0 Å². The van der Waals surface area contributed by atoms with E-state index in [1.165, 1.54) is 13.0 Å². The molecule has 2 rings (SSSR count). The Morgan fingerprint density at radius 2 is 2.10 bits per heavy atom. The first kappa shape index (κ1) is 14.5. The lowest BCUT2D eigenvalue weighted by atomic mass is 10.0. The van der Waals surface area contributed by atoms with Crippen molar-refractivity contribution in [2.45, 2.75) is 33.1 Å². The summed E-state index contributed by atoms with van der Waals surface area (Å²) in [6, 6.07) is 4.79. The molecule has 5 nitrogen and oxygen atoms in total. The van der Waals surface area contributed by atoms with Crippen LogP contribution in [0.4, 0.5) is 11.4 Å². The van der Waals surface area contributed by atoms with Crippen molar-refractivity contribution in [2.24, 2.45) is 5.92 Å². The van der Waals surface area contributed by atoms with Crippen molar-refractivity contribution in [3.8, 4) is 0 Å². The van der Waals surface area contributed by atoms with E-state index in [-0.39, 0.29) is 11.5 Å². The summed E-state index contributed by atoms with van der Waals surface area (Å²) < 4.78 is 0. The fourth-order valence-corrected chi connectivity index (χ4v) is 2.66. The summed E-state index contributed by atoms with van der Waals surface area (Å²) in [5, 5.41) is 11.3. The summed E-state index contributed by atoms with van der Waals surface area (Å²) in [4.78, 5) is 24.3. The third-order valence-electron chi connectivity index (χ3n) is 3.94. The lowest BCUT2D eigenvalue weighted by Crippen LogP contribution is -2.25. The number of hydrogen-bond donors (Lipinski definition) is 0. The number of carbonyl (C=O) groups is 1. The topological polar surface area (TPSA) is 63.5 Å². The van der Waals surface area contributed by atoms with Gasteiger partial charge in [-0.1, -0.05) is 6.92 Å². The Morgan fingerprint density at radius 3 is 2.75 bits per heavy atom. The van der Waals surface area contributed by atoms with Gasteiger partial charge in [-0.3, -0.25) is 14.9 Å². The number of nitro groups is 1. The van der Waals surface area contributed by atoms with Crippen molar-refractivity contribution in [1.29, 1.82) is 0 Å². The maximum Gasteiger partial charge on any atom is 0.293 e. The summed E-state index contributed by atoms with van der Waals surface area (Å²) in [6.45, 7) is 5.31. The van der Waals surface area contributed by atoms with Crippen molar-refractivity contribution < 1.29 is 9.72 Å². The van der Waals surface area contributed by atoms with Crippen LogP contribution in [0.2, 0.25) is 0 Å². The van der Waals surface area contributed by atoms with Crippen LogP contribution in [0.5, 0.6) is 0 Å². The van der Waals surface area contributed by atoms with E-state index in [2.05, 4.69) is 11.8 Å². The zero-order valence-corrected chi connectivity index (χ0v) is 12.0. The molecule has 0 radical (unpaired) electrons. The second kappa shape index (κ2) is 6.03. The molecule has 1 heterocycles. The van der Waals surface area contributed by atoms with E-state index in [9.17, 15) is 14.9 Å². The highest BCUT2D eigenvalue weighted by molar-refractivity contribution is 5.95. The average molecular weight is 276 g/mol. The van der Waals surface area contributed by atoms with Crippen LogP contribution >= 0.6 is 0 Å². The molecule has 0 saturated carbocycles. The van der Waals surface area contributed by atoms with Crippen LogP contribution in [-0.2, 0) is 0 Å². The van der Waals surface area contributed by atoms with Gasteiger partial charge in [-0.05, 0) is 44.2 Å². The molecule has 0 amide bonds. The van der Waals surface area contributed by atoms with Crippen molar-refractivity contribution in [1.82, 2.24) is 0 Å². The van der Waals surface area contributed by atoms with E-state index < -0.39 is 4.92 Å². The first-order valence-corrected chi connectivity index (χ1v) is 7.03. The second-order valence-corrected chi connectivity index (χ2v) is 5.54. The third kappa shape index (κ3) is 3.15. The number of nitrogens with zero attached hydrogens (tertiary/aromatic N) is 2. The molecular weight excluding hydrogens is 256 g/mol. The summed E-state index contributed by atoms with van der Waals surface area (Å²) >= 11 is 0. The molecule has 1 saturated heterocycles. The SMILES string of the molecule is CC(=O)c1ccc(N2CCCC(C)CC2)c([N+](=O)[O-])c1. The van der Waals surface area contributed by atoms with Gasteiger partial charge in [0.05, 0.1) is 4.92 Å². The molecular formula is C15H20N2O3. The quantitative estimate of drug-likeness (QED) is 0.482. The average Bonchev–Trinajstić information content (AvgIpc) is 2.62. The van der Waals surface area contributed by atoms with Crippen LogP contribution in [0.3, 0.4) is 0 Å². The van der Waals surface area contributed by atoms with Crippen LogP contribution in [-0.4, -0.2) is 23.8 Å². The molecule has 0 aromatic heterocycles. The molecule has 1 aromatic rings. The predicted octanol–water partition coefficient (Wildman–Crippen LogP) is 3.42. The lowest BCUT2D eigenvalue weighted by molar-refractivity contribution is -0.384. The fraction of sp³-hybridized carbons (Fsp3) is 0.533. The minimum Gasteiger partial charge on any atom is -0.366 e. The smallest absolute Gasteiger partial charge is 0.293 e. The number of Topliss-reactive ketones (excluding diaryl/α,β-unsaturated/α-hetero) is 1. The Hall–Kier alpha value is -1.91. The highest BCUT2D eigenvalue weighted by Crippen LogP contribution is 2.31. The van der Waals surface area contributed by atoms with E-state index in [1.54, 1.807) is 12.1 Å². The number of rotatable bonds is 3. The van der Waals surface area contributed by atoms with Gasteiger partial charge in [-0.2, -0.15) is 0 Å². The monoisotopic (exact) mass is 276 g/mol. The van der Waals surface area contributed by atoms with E-state index >= 15 is 0 Å².